The van der Waals surface area contributed by atoms with Crippen molar-refractivity contribution in [2.75, 3.05) is 25.9 Å². The van der Waals surface area contributed by atoms with Crippen molar-refractivity contribution in [1.82, 2.24) is 9.80 Å². The molecule has 1 heterocycles. The Hall–Kier alpha value is -2.33. The molecule has 1 unspecified atom stereocenters. The molecule has 1 saturated heterocycles. The molecule has 1 aliphatic rings. The fourth-order valence-electron chi connectivity index (χ4n) is 3.11. The highest BCUT2D eigenvalue weighted by Crippen LogP contribution is 2.19. The van der Waals surface area contributed by atoms with Crippen LogP contribution in [0.2, 0.25) is 0 Å². The van der Waals surface area contributed by atoms with Gasteiger partial charge in [0.15, 0.2) is 0 Å². The van der Waals surface area contributed by atoms with Crippen molar-refractivity contribution in [2.24, 2.45) is 0 Å². The van der Waals surface area contributed by atoms with Crippen LogP contribution >= 0.6 is 0 Å². The highest BCUT2D eigenvalue weighted by molar-refractivity contribution is 5.94. The fraction of sp³-hybridized carbons (Fsp3) is 0.316. The quantitative estimate of drug-likeness (QED) is 0.883. The number of rotatable bonds is 4. The lowest BCUT2D eigenvalue weighted by molar-refractivity contribution is 0.0735. The summed E-state index contributed by atoms with van der Waals surface area (Å²) in [7, 11) is 1.90. The molecule has 1 atom stereocenters. The Kier molecular flexibility index (Phi) is 4.63. The van der Waals surface area contributed by atoms with Crippen molar-refractivity contribution < 1.29 is 4.79 Å². The number of hydrogen-bond acceptors (Lipinski definition) is 3. The minimum Gasteiger partial charge on any atom is -0.399 e. The number of hydrogen-bond donors (Lipinski definition) is 1. The number of amides is 1. The number of nitrogens with two attached hydrogens (primary N) is 1. The van der Waals surface area contributed by atoms with Crippen molar-refractivity contribution >= 4 is 11.6 Å². The van der Waals surface area contributed by atoms with Gasteiger partial charge in [0, 0.05) is 44.0 Å². The Labute approximate surface area is 137 Å². The van der Waals surface area contributed by atoms with Crippen LogP contribution in [-0.4, -0.2) is 41.9 Å². The van der Waals surface area contributed by atoms with Crippen molar-refractivity contribution in [3.8, 4) is 0 Å². The van der Waals surface area contributed by atoms with Crippen molar-refractivity contribution in [1.29, 1.82) is 0 Å². The maximum atomic E-state index is 12.6. The van der Waals surface area contributed by atoms with E-state index in [0.717, 1.165) is 26.1 Å². The van der Waals surface area contributed by atoms with Gasteiger partial charge in [-0.05, 0) is 36.2 Å². The molecule has 0 spiro atoms. The van der Waals surface area contributed by atoms with Crippen LogP contribution in [0.5, 0.6) is 0 Å². The van der Waals surface area contributed by atoms with Gasteiger partial charge in [0.2, 0.25) is 0 Å². The number of benzene rings is 2. The molecule has 23 heavy (non-hydrogen) atoms. The Bertz CT molecular complexity index is 654. The molecule has 0 aliphatic carbocycles. The molecular weight excluding hydrogens is 286 g/mol. The lowest BCUT2D eigenvalue weighted by atomic mass is 10.1. The SMILES string of the molecule is CN(C(=O)c1ccc(N)cc1)C1CCN(Cc2ccccc2)C1. The number of nitrogens with zero attached hydrogens (tertiary/aromatic N) is 2. The number of likely N-dealkylation sites (N-methyl/N-ethyl adjacent to an activating group) is 1. The Morgan fingerprint density at radius 3 is 2.57 bits per heavy atom. The molecule has 120 valence electrons. The van der Waals surface area contributed by atoms with Crippen molar-refractivity contribution in [3.63, 3.8) is 0 Å². The van der Waals surface area contributed by atoms with Gasteiger partial charge in [-0.1, -0.05) is 30.3 Å². The van der Waals surface area contributed by atoms with E-state index in [1.807, 2.05) is 18.0 Å². The predicted molar refractivity (Wildman–Crippen MR) is 93.1 cm³/mol. The van der Waals surface area contributed by atoms with Gasteiger partial charge in [0.05, 0.1) is 0 Å². The zero-order valence-electron chi connectivity index (χ0n) is 13.5. The van der Waals surface area contributed by atoms with E-state index in [1.165, 1.54) is 5.56 Å². The first kappa shape index (κ1) is 15.6. The molecule has 1 fully saturated rings. The van der Waals surface area contributed by atoms with Crippen LogP contribution in [0.1, 0.15) is 22.3 Å². The van der Waals surface area contributed by atoms with Gasteiger partial charge in [-0.3, -0.25) is 9.69 Å². The van der Waals surface area contributed by atoms with E-state index in [4.69, 9.17) is 5.73 Å². The van der Waals surface area contributed by atoms with E-state index in [1.54, 1.807) is 24.3 Å². The maximum Gasteiger partial charge on any atom is 0.253 e. The molecule has 2 N–H and O–H groups in total. The van der Waals surface area contributed by atoms with Crippen LogP contribution in [0.3, 0.4) is 0 Å². The lowest BCUT2D eigenvalue weighted by Gasteiger charge is -2.25. The van der Waals surface area contributed by atoms with Crippen LogP contribution in [0, 0.1) is 0 Å². The summed E-state index contributed by atoms with van der Waals surface area (Å²) in [6.07, 6.45) is 1.02. The van der Waals surface area contributed by atoms with Gasteiger partial charge in [-0.25, -0.2) is 0 Å². The molecule has 0 aromatic heterocycles. The second kappa shape index (κ2) is 6.84. The highest BCUT2D eigenvalue weighted by Gasteiger charge is 2.28. The normalized spacial score (nSPS) is 18.0. The number of carbonyl (C=O) groups is 1. The molecule has 0 radical (unpaired) electrons. The molecule has 2 aromatic carbocycles. The highest BCUT2D eigenvalue weighted by atomic mass is 16.2. The van der Waals surface area contributed by atoms with Crippen LogP contribution in [-0.2, 0) is 6.54 Å². The summed E-state index contributed by atoms with van der Waals surface area (Å²) in [6, 6.07) is 17.9. The number of nitrogen functional groups attached to an aromatic ring is 1. The molecule has 1 aliphatic heterocycles. The largest absolute Gasteiger partial charge is 0.399 e. The van der Waals surface area contributed by atoms with E-state index in [9.17, 15) is 4.79 Å². The molecule has 3 rings (SSSR count). The number of likely N-dealkylation sites (tertiary alicyclic amines) is 1. The molecule has 4 heteroatoms. The number of anilines is 1. The van der Waals surface area contributed by atoms with Gasteiger partial charge >= 0.3 is 0 Å². The molecule has 1 amide bonds. The van der Waals surface area contributed by atoms with E-state index in [2.05, 4.69) is 29.2 Å². The molecule has 0 saturated carbocycles. The lowest BCUT2D eigenvalue weighted by Crippen LogP contribution is -2.38. The van der Waals surface area contributed by atoms with Gasteiger partial charge < -0.3 is 10.6 Å². The predicted octanol–water partition coefficient (Wildman–Crippen LogP) is 2.62. The average Bonchev–Trinajstić information content (AvgIpc) is 3.03. The Balaban J connectivity index is 1.59. The van der Waals surface area contributed by atoms with Crippen LogP contribution in [0.15, 0.2) is 54.6 Å². The third-order valence-corrected chi connectivity index (χ3v) is 4.52. The monoisotopic (exact) mass is 309 g/mol. The third-order valence-electron chi connectivity index (χ3n) is 4.52. The average molecular weight is 309 g/mol. The van der Waals surface area contributed by atoms with Crippen LogP contribution in [0.4, 0.5) is 5.69 Å². The second-order valence-corrected chi connectivity index (χ2v) is 6.20. The van der Waals surface area contributed by atoms with E-state index in [-0.39, 0.29) is 11.9 Å². The summed E-state index contributed by atoms with van der Waals surface area (Å²) < 4.78 is 0. The minimum atomic E-state index is 0.0663. The standard InChI is InChI=1S/C19H23N3O/c1-21(19(23)16-7-9-17(20)10-8-16)18-11-12-22(14-18)13-15-5-3-2-4-6-15/h2-10,18H,11-14,20H2,1H3. The molecule has 0 bridgehead atoms. The molecule has 4 nitrogen and oxygen atoms in total. The first-order chi connectivity index (χ1) is 11.1. The van der Waals surface area contributed by atoms with Crippen molar-refractivity contribution in [2.45, 2.75) is 19.0 Å². The minimum absolute atomic E-state index is 0.0663. The zero-order valence-corrected chi connectivity index (χ0v) is 13.5. The van der Waals surface area contributed by atoms with Gasteiger partial charge in [0.25, 0.3) is 5.91 Å². The number of carbonyl (C=O) groups excluding carboxylic acids is 1. The van der Waals surface area contributed by atoms with E-state index in [0.29, 0.717) is 11.3 Å². The second-order valence-electron chi connectivity index (χ2n) is 6.20. The van der Waals surface area contributed by atoms with Crippen molar-refractivity contribution in [3.05, 3.63) is 65.7 Å². The summed E-state index contributed by atoms with van der Waals surface area (Å²) >= 11 is 0. The summed E-state index contributed by atoms with van der Waals surface area (Å²) in [5, 5.41) is 0. The maximum absolute atomic E-state index is 12.6. The molecule has 2 aromatic rings. The van der Waals surface area contributed by atoms with Crippen LogP contribution < -0.4 is 5.73 Å². The smallest absolute Gasteiger partial charge is 0.253 e. The summed E-state index contributed by atoms with van der Waals surface area (Å²) in [5.41, 5.74) is 8.38. The Morgan fingerprint density at radius 1 is 1.17 bits per heavy atom. The third kappa shape index (κ3) is 3.71. The van der Waals surface area contributed by atoms with Gasteiger partial charge in [-0.15, -0.1) is 0 Å². The Morgan fingerprint density at radius 2 is 1.87 bits per heavy atom. The summed E-state index contributed by atoms with van der Waals surface area (Å²) in [5.74, 6) is 0.0663. The fourth-order valence-corrected chi connectivity index (χ4v) is 3.11. The summed E-state index contributed by atoms with van der Waals surface area (Å²) in [6.45, 7) is 2.90. The van der Waals surface area contributed by atoms with E-state index >= 15 is 0 Å². The van der Waals surface area contributed by atoms with E-state index < -0.39 is 0 Å². The topological polar surface area (TPSA) is 49.6 Å². The van der Waals surface area contributed by atoms with Gasteiger partial charge in [-0.2, -0.15) is 0 Å². The first-order valence-electron chi connectivity index (χ1n) is 8.02. The first-order valence-corrected chi connectivity index (χ1v) is 8.02. The van der Waals surface area contributed by atoms with Gasteiger partial charge in [0.1, 0.15) is 0 Å². The summed E-state index contributed by atoms with van der Waals surface area (Å²) in [4.78, 5) is 16.9. The zero-order chi connectivity index (χ0) is 16.2. The van der Waals surface area contributed by atoms with Crippen LogP contribution in [0.25, 0.3) is 0 Å². The molecular formula is C19H23N3O.